The Kier molecular flexibility index (Phi) is 5.98. The van der Waals surface area contributed by atoms with Gasteiger partial charge in [0.1, 0.15) is 5.75 Å². The van der Waals surface area contributed by atoms with Crippen molar-refractivity contribution < 1.29 is 23.5 Å². The molecule has 1 aromatic heterocycles. The van der Waals surface area contributed by atoms with Gasteiger partial charge in [-0.15, -0.1) is 0 Å². The first kappa shape index (κ1) is 19.5. The Bertz CT molecular complexity index is 822. The minimum Gasteiger partial charge on any atom is -0.491 e. The van der Waals surface area contributed by atoms with Crippen molar-refractivity contribution in [2.24, 2.45) is 0 Å². The number of benzene rings is 1. The molecule has 1 fully saturated rings. The van der Waals surface area contributed by atoms with Crippen LogP contribution < -0.4 is 10.1 Å². The van der Waals surface area contributed by atoms with Gasteiger partial charge in [0.15, 0.2) is 5.76 Å². The van der Waals surface area contributed by atoms with Gasteiger partial charge in [-0.1, -0.05) is 0 Å². The molecule has 0 bridgehead atoms. The van der Waals surface area contributed by atoms with E-state index in [0.29, 0.717) is 37.6 Å². The molecule has 0 atom stereocenters. The average molecular weight is 385 g/mol. The molecule has 3 amide bonds. The topological polar surface area (TPSA) is 92.1 Å². The van der Waals surface area contributed by atoms with E-state index in [0.717, 1.165) is 0 Å². The first-order chi connectivity index (χ1) is 13.4. The van der Waals surface area contributed by atoms with Crippen LogP contribution in [0.4, 0.5) is 5.69 Å². The van der Waals surface area contributed by atoms with Gasteiger partial charge in [-0.3, -0.25) is 14.4 Å². The maximum atomic E-state index is 12.4. The van der Waals surface area contributed by atoms with E-state index in [2.05, 4.69) is 5.32 Å². The molecule has 1 aliphatic rings. The summed E-state index contributed by atoms with van der Waals surface area (Å²) in [7, 11) is 0. The highest BCUT2D eigenvalue weighted by Crippen LogP contribution is 2.17. The van der Waals surface area contributed by atoms with Gasteiger partial charge in [-0.25, -0.2) is 0 Å². The summed E-state index contributed by atoms with van der Waals surface area (Å²) in [6, 6.07) is 10.1. The number of piperazine rings is 1. The van der Waals surface area contributed by atoms with E-state index in [1.54, 1.807) is 41.3 Å². The number of amides is 3. The number of hydrogen-bond donors (Lipinski definition) is 1. The molecule has 1 aliphatic heterocycles. The summed E-state index contributed by atoms with van der Waals surface area (Å²) in [5.41, 5.74) is 0.515. The smallest absolute Gasteiger partial charge is 0.313 e. The van der Waals surface area contributed by atoms with Crippen LogP contribution in [0.3, 0.4) is 0 Å². The maximum absolute atomic E-state index is 12.4. The molecule has 8 nitrogen and oxygen atoms in total. The van der Waals surface area contributed by atoms with Crippen molar-refractivity contribution in [1.29, 1.82) is 0 Å². The second-order valence-electron chi connectivity index (χ2n) is 6.71. The molecule has 1 aromatic carbocycles. The number of anilines is 1. The number of carbonyl (C=O) groups excluding carboxylic acids is 3. The van der Waals surface area contributed by atoms with Crippen LogP contribution in [0.1, 0.15) is 24.4 Å². The summed E-state index contributed by atoms with van der Waals surface area (Å²) in [5.74, 6) is -0.583. The lowest BCUT2D eigenvalue weighted by molar-refractivity contribution is -0.144. The number of furan rings is 1. The molecule has 0 unspecified atom stereocenters. The van der Waals surface area contributed by atoms with E-state index in [-0.39, 0.29) is 17.8 Å². The van der Waals surface area contributed by atoms with E-state index >= 15 is 0 Å². The van der Waals surface area contributed by atoms with Gasteiger partial charge in [0, 0.05) is 31.9 Å². The molecule has 0 saturated carbocycles. The highest BCUT2D eigenvalue weighted by atomic mass is 16.5. The third-order valence-corrected chi connectivity index (χ3v) is 4.26. The first-order valence-electron chi connectivity index (χ1n) is 9.14. The molecular weight excluding hydrogens is 362 g/mol. The third kappa shape index (κ3) is 4.70. The second-order valence-corrected chi connectivity index (χ2v) is 6.71. The Morgan fingerprint density at radius 3 is 2.21 bits per heavy atom. The Hall–Kier alpha value is -3.29. The number of ether oxygens (including phenoxy) is 1. The molecule has 1 saturated heterocycles. The molecule has 2 aromatic rings. The Balaban J connectivity index is 1.50. The molecule has 2 heterocycles. The highest BCUT2D eigenvalue weighted by molar-refractivity contribution is 6.39. The van der Waals surface area contributed by atoms with Crippen LogP contribution in [0.25, 0.3) is 0 Å². The summed E-state index contributed by atoms with van der Waals surface area (Å²) < 4.78 is 10.7. The number of rotatable bonds is 4. The fourth-order valence-electron chi connectivity index (χ4n) is 2.89. The summed E-state index contributed by atoms with van der Waals surface area (Å²) >= 11 is 0. The lowest BCUT2D eigenvalue weighted by Crippen LogP contribution is -2.52. The van der Waals surface area contributed by atoms with Crippen molar-refractivity contribution in [3.63, 3.8) is 0 Å². The minimum absolute atomic E-state index is 0.0559. The minimum atomic E-state index is -0.705. The molecule has 0 spiro atoms. The van der Waals surface area contributed by atoms with Crippen LogP contribution in [-0.2, 0) is 9.59 Å². The SMILES string of the molecule is CC(C)Oc1ccc(NC(=O)C(=O)N2CCN(C(=O)c3ccco3)CC2)cc1. The van der Waals surface area contributed by atoms with E-state index in [1.165, 1.54) is 11.2 Å². The van der Waals surface area contributed by atoms with E-state index < -0.39 is 11.8 Å². The fourth-order valence-corrected chi connectivity index (χ4v) is 2.89. The third-order valence-electron chi connectivity index (χ3n) is 4.26. The van der Waals surface area contributed by atoms with Gasteiger partial charge in [0.05, 0.1) is 12.4 Å². The van der Waals surface area contributed by atoms with Crippen molar-refractivity contribution in [1.82, 2.24) is 9.80 Å². The molecule has 3 rings (SSSR count). The summed E-state index contributed by atoms with van der Waals surface area (Å²) in [6.07, 6.45) is 1.50. The van der Waals surface area contributed by atoms with E-state index in [1.807, 2.05) is 13.8 Å². The summed E-state index contributed by atoms with van der Waals surface area (Å²) in [4.78, 5) is 39.9. The zero-order chi connectivity index (χ0) is 20.1. The molecule has 0 aliphatic carbocycles. The molecule has 28 heavy (non-hydrogen) atoms. The predicted octanol–water partition coefficient (Wildman–Crippen LogP) is 1.99. The van der Waals surface area contributed by atoms with Gasteiger partial charge in [-0.05, 0) is 50.2 Å². The van der Waals surface area contributed by atoms with Crippen molar-refractivity contribution in [3.8, 4) is 5.75 Å². The van der Waals surface area contributed by atoms with E-state index in [4.69, 9.17) is 9.15 Å². The Morgan fingerprint density at radius 2 is 1.64 bits per heavy atom. The van der Waals surface area contributed by atoms with Crippen molar-refractivity contribution in [3.05, 3.63) is 48.4 Å². The monoisotopic (exact) mass is 385 g/mol. The second kappa shape index (κ2) is 8.60. The fraction of sp³-hybridized carbons (Fsp3) is 0.350. The van der Waals surface area contributed by atoms with Crippen LogP contribution >= 0.6 is 0 Å². The van der Waals surface area contributed by atoms with E-state index in [9.17, 15) is 14.4 Å². The largest absolute Gasteiger partial charge is 0.491 e. The standard InChI is InChI=1S/C20H23N3O5/c1-14(2)28-16-7-5-15(6-8-16)21-18(24)20(26)23-11-9-22(10-12-23)19(25)17-4-3-13-27-17/h3-8,13-14H,9-12H2,1-2H3,(H,21,24). The van der Waals surface area contributed by atoms with Crippen LogP contribution in [0, 0.1) is 0 Å². The van der Waals surface area contributed by atoms with Crippen molar-refractivity contribution in [2.45, 2.75) is 20.0 Å². The van der Waals surface area contributed by atoms with Gasteiger partial charge in [-0.2, -0.15) is 0 Å². The van der Waals surface area contributed by atoms with Crippen molar-refractivity contribution in [2.75, 3.05) is 31.5 Å². The first-order valence-corrected chi connectivity index (χ1v) is 9.14. The van der Waals surface area contributed by atoms with Gasteiger partial charge < -0.3 is 24.3 Å². The number of nitrogens with one attached hydrogen (secondary N) is 1. The van der Waals surface area contributed by atoms with Gasteiger partial charge in [0.25, 0.3) is 5.91 Å². The number of nitrogens with zero attached hydrogens (tertiary/aromatic N) is 2. The Labute approximate surface area is 163 Å². The zero-order valence-electron chi connectivity index (χ0n) is 15.9. The van der Waals surface area contributed by atoms with Gasteiger partial charge >= 0.3 is 11.8 Å². The summed E-state index contributed by atoms with van der Waals surface area (Å²) in [5, 5.41) is 2.59. The molecule has 1 N–H and O–H groups in total. The van der Waals surface area contributed by atoms with Crippen LogP contribution in [0.2, 0.25) is 0 Å². The molecule has 148 valence electrons. The average Bonchev–Trinajstić information content (AvgIpc) is 3.23. The Morgan fingerprint density at radius 1 is 1.00 bits per heavy atom. The van der Waals surface area contributed by atoms with Gasteiger partial charge in [0.2, 0.25) is 0 Å². The quantitative estimate of drug-likeness (QED) is 0.813. The maximum Gasteiger partial charge on any atom is 0.313 e. The predicted molar refractivity (Wildman–Crippen MR) is 102 cm³/mol. The lowest BCUT2D eigenvalue weighted by atomic mass is 10.2. The number of carbonyl (C=O) groups is 3. The van der Waals surface area contributed by atoms with Crippen LogP contribution in [-0.4, -0.2) is 59.8 Å². The highest BCUT2D eigenvalue weighted by Gasteiger charge is 2.29. The number of hydrogen-bond acceptors (Lipinski definition) is 5. The summed E-state index contributed by atoms with van der Waals surface area (Å²) in [6.45, 7) is 5.13. The molecule has 0 radical (unpaired) electrons. The lowest BCUT2D eigenvalue weighted by Gasteiger charge is -2.33. The molecular formula is C20H23N3O5. The van der Waals surface area contributed by atoms with Crippen LogP contribution in [0.15, 0.2) is 47.1 Å². The van der Waals surface area contributed by atoms with Crippen LogP contribution in [0.5, 0.6) is 5.75 Å². The normalized spacial score (nSPS) is 14.1. The van der Waals surface area contributed by atoms with Crippen molar-refractivity contribution >= 4 is 23.4 Å². The molecule has 8 heteroatoms. The zero-order valence-corrected chi connectivity index (χ0v) is 15.9.